The minimum absolute atomic E-state index is 0.00230. The van der Waals surface area contributed by atoms with Crippen LogP contribution in [0.4, 0.5) is 10.5 Å². The summed E-state index contributed by atoms with van der Waals surface area (Å²) in [5.41, 5.74) is 1.33. The zero-order valence-electron chi connectivity index (χ0n) is 20.9. The minimum atomic E-state index is -3.98. The molecule has 9 nitrogen and oxygen atoms in total. The monoisotopic (exact) mass is 517 g/mol. The second-order valence-corrected chi connectivity index (χ2v) is 10.8. The zero-order valence-corrected chi connectivity index (χ0v) is 21.7. The number of aliphatic hydroxyl groups is 1. The number of carbonyl (C=O) groups is 2. The Bertz CT molecular complexity index is 1100. The molecule has 196 valence electrons. The summed E-state index contributed by atoms with van der Waals surface area (Å²) in [6.45, 7) is 8.54. The number of amides is 2. The van der Waals surface area contributed by atoms with E-state index in [1.165, 1.54) is 41.6 Å². The Labute approximate surface area is 213 Å². The highest BCUT2D eigenvalue weighted by molar-refractivity contribution is 7.89. The average Bonchev–Trinajstić information content (AvgIpc) is 2.82. The van der Waals surface area contributed by atoms with E-state index in [1.54, 1.807) is 0 Å². The third-order valence-corrected chi connectivity index (χ3v) is 7.02. The predicted molar refractivity (Wildman–Crippen MR) is 139 cm³/mol. The van der Waals surface area contributed by atoms with Gasteiger partial charge in [-0.2, -0.15) is 4.31 Å². The first-order valence-electron chi connectivity index (χ1n) is 11.7. The van der Waals surface area contributed by atoms with E-state index in [4.69, 9.17) is 4.74 Å². The average molecular weight is 518 g/mol. The Kier molecular flexibility index (Phi) is 11.1. The van der Waals surface area contributed by atoms with Crippen LogP contribution in [-0.4, -0.2) is 61.7 Å². The molecule has 0 aromatic heterocycles. The maximum atomic E-state index is 13.5. The van der Waals surface area contributed by atoms with Crippen LogP contribution in [0.5, 0.6) is 0 Å². The van der Waals surface area contributed by atoms with Crippen molar-refractivity contribution in [2.75, 3.05) is 25.0 Å². The van der Waals surface area contributed by atoms with E-state index < -0.39 is 28.3 Å². The van der Waals surface area contributed by atoms with Gasteiger partial charge in [0.25, 0.3) is 0 Å². The van der Waals surface area contributed by atoms with Crippen molar-refractivity contribution in [1.82, 2.24) is 9.62 Å². The molecule has 2 atom stereocenters. The van der Waals surface area contributed by atoms with Crippen LogP contribution in [0.3, 0.4) is 0 Å². The molecule has 0 fully saturated rings. The van der Waals surface area contributed by atoms with Gasteiger partial charge in [0.05, 0.1) is 17.0 Å². The van der Waals surface area contributed by atoms with Crippen molar-refractivity contribution in [2.24, 2.45) is 5.92 Å². The van der Waals surface area contributed by atoms with Gasteiger partial charge in [-0.05, 0) is 42.2 Å². The maximum absolute atomic E-state index is 13.5. The van der Waals surface area contributed by atoms with Gasteiger partial charge in [0.2, 0.25) is 15.9 Å². The number of hydrogen-bond donors (Lipinski definition) is 3. The molecule has 2 aromatic rings. The first-order valence-corrected chi connectivity index (χ1v) is 13.1. The molecule has 2 aromatic carbocycles. The third-order valence-electron chi connectivity index (χ3n) is 5.17. The second-order valence-electron chi connectivity index (χ2n) is 8.82. The first-order chi connectivity index (χ1) is 17.0. The highest BCUT2D eigenvalue weighted by atomic mass is 32.2. The second kappa shape index (κ2) is 13.8. The van der Waals surface area contributed by atoms with Crippen LogP contribution in [0.1, 0.15) is 26.3 Å². The number of aliphatic hydroxyl groups excluding tert-OH is 1. The molecule has 0 aliphatic rings. The number of carbonyl (C=O) groups excluding carboxylic acids is 2. The van der Waals surface area contributed by atoms with Crippen LogP contribution >= 0.6 is 0 Å². The number of rotatable bonds is 13. The number of anilines is 1. The fourth-order valence-corrected chi connectivity index (χ4v) is 5.18. The number of nitrogens with zero attached hydrogens (tertiary/aromatic N) is 1. The predicted octanol–water partition coefficient (Wildman–Crippen LogP) is 3.18. The smallest absolute Gasteiger partial charge is 0.407 e. The Hall–Kier alpha value is -3.21. The van der Waals surface area contributed by atoms with Gasteiger partial charge in [-0.3, -0.25) is 4.79 Å². The molecular formula is C26H35N3O6S. The molecule has 0 bridgehead atoms. The van der Waals surface area contributed by atoms with Gasteiger partial charge in [-0.25, -0.2) is 13.2 Å². The van der Waals surface area contributed by atoms with E-state index in [1.807, 2.05) is 44.2 Å². The van der Waals surface area contributed by atoms with Crippen LogP contribution in [-0.2, 0) is 26.0 Å². The molecular weight excluding hydrogens is 482 g/mol. The lowest BCUT2D eigenvalue weighted by atomic mass is 10.0. The number of benzene rings is 2. The van der Waals surface area contributed by atoms with Gasteiger partial charge < -0.3 is 20.5 Å². The quantitative estimate of drug-likeness (QED) is 0.351. The number of alkyl carbamates (subject to hydrolysis) is 1. The molecule has 10 heteroatoms. The molecule has 0 aliphatic carbocycles. The summed E-state index contributed by atoms with van der Waals surface area (Å²) in [5.74, 6) is -0.289. The molecule has 0 spiro atoms. The fraction of sp³-hybridized carbons (Fsp3) is 0.385. The SMILES string of the molecule is C=CCOC(=O)N[C@@H](Cc1ccccc1)[C@H](O)CN(CC(C)C)S(=O)(=O)c1ccc(NC(C)=O)cc1. The van der Waals surface area contributed by atoms with Crippen molar-refractivity contribution in [1.29, 1.82) is 0 Å². The Morgan fingerprint density at radius 3 is 2.28 bits per heavy atom. The van der Waals surface area contributed by atoms with Crippen LogP contribution in [0.2, 0.25) is 0 Å². The molecule has 0 heterocycles. The van der Waals surface area contributed by atoms with E-state index in [9.17, 15) is 23.1 Å². The molecule has 36 heavy (non-hydrogen) atoms. The van der Waals surface area contributed by atoms with Crippen molar-refractivity contribution in [3.63, 3.8) is 0 Å². The van der Waals surface area contributed by atoms with E-state index in [0.717, 1.165) is 5.56 Å². The van der Waals surface area contributed by atoms with E-state index >= 15 is 0 Å². The lowest BCUT2D eigenvalue weighted by Gasteiger charge is -2.30. The minimum Gasteiger partial charge on any atom is -0.445 e. The van der Waals surface area contributed by atoms with Crippen LogP contribution in [0, 0.1) is 5.92 Å². The first kappa shape index (κ1) is 29.0. The molecule has 0 aliphatic heterocycles. The van der Waals surface area contributed by atoms with E-state index in [0.29, 0.717) is 5.69 Å². The van der Waals surface area contributed by atoms with Crippen molar-refractivity contribution >= 4 is 27.7 Å². The summed E-state index contributed by atoms with van der Waals surface area (Å²) in [6.07, 6.45) is -0.266. The van der Waals surface area contributed by atoms with Gasteiger partial charge in [0.15, 0.2) is 0 Å². The van der Waals surface area contributed by atoms with Crippen molar-refractivity contribution in [2.45, 2.75) is 44.2 Å². The van der Waals surface area contributed by atoms with Gasteiger partial charge in [0.1, 0.15) is 6.61 Å². The maximum Gasteiger partial charge on any atom is 0.407 e. The number of hydrogen-bond acceptors (Lipinski definition) is 6. The van der Waals surface area contributed by atoms with Gasteiger partial charge in [-0.15, -0.1) is 0 Å². The largest absolute Gasteiger partial charge is 0.445 e. The zero-order chi connectivity index (χ0) is 26.7. The van der Waals surface area contributed by atoms with Crippen molar-refractivity contribution in [3.05, 3.63) is 72.8 Å². The standard InChI is InChI=1S/C26H35N3O6S/c1-5-15-35-26(32)28-24(16-21-9-7-6-8-10-21)25(31)18-29(17-19(2)3)36(33,34)23-13-11-22(12-14-23)27-20(4)30/h5-14,19,24-25,31H,1,15-18H2,2-4H3,(H,27,30)(H,28,32)/t24-,25+/m0/s1. The molecule has 3 N–H and O–H groups in total. The van der Waals surface area contributed by atoms with Gasteiger partial charge in [0, 0.05) is 25.7 Å². The third kappa shape index (κ3) is 9.10. The van der Waals surface area contributed by atoms with Crippen molar-refractivity contribution in [3.8, 4) is 0 Å². The molecule has 0 saturated carbocycles. The van der Waals surface area contributed by atoms with Gasteiger partial charge in [-0.1, -0.05) is 56.8 Å². The summed E-state index contributed by atoms with van der Waals surface area (Å²) in [7, 11) is -3.98. The number of ether oxygens (including phenoxy) is 1. The van der Waals surface area contributed by atoms with Gasteiger partial charge >= 0.3 is 6.09 Å². The normalized spacial score (nSPS) is 13.2. The summed E-state index contributed by atoms with van der Waals surface area (Å²) in [6, 6.07) is 14.3. The summed E-state index contributed by atoms with van der Waals surface area (Å²) in [4.78, 5) is 23.5. The molecule has 2 rings (SSSR count). The molecule has 0 radical (unpaired) electrons. The Balaban J connectivity index is 2.29. The van der Waals surface area contributed by atoms with Crippen molar-refractivity contribution < 1.29 is 27.9 Å². The van der Waals surface area contributed by atoms with E-state index in [2.05, 4.69) is 17.2 Å². The summed E-state index contributed by atoms with van der Waals surface area (Å²) >= 11 is 0. The van der Waals surface area contributed by atoms with Crippen LogP contribution < -0.4 is 10.6 Å². The Morgan fingerprint density at radius 1 is 1.08 bits per heavy atom. The summed E-state index contributed by atoms with van der Waals surface area (Å²) < 4.78 is 33.2. The highest BCUT2D eigenvalue weighted by Gasteiger charge is 2.31. The Morgan fingerprint density at radius 2 is 1.72 bits per heavy atom. The number of sulfonamides is 1. The highest BCUT2D eigenvalue weighted by Crippen LogP contribution is 2.21. The van der Waals surface area contributed by atoms with Crippen LogP contribution in [0.25, 0.3) is 0 Å². The fourth-order valence-electron chi connectivity index (χ4n) is 3.56. The van der Waals surface area contributed by atoms with Crippen LogP contribution in [0.15, 0.2) is 72.1 Å². The molecule has 2 amide bonds. The summed E-state index contributed by atoms with van der Waals surface area (Å²) in [5, 5.41) is 16.4. The molecule has 0 saturated heterocycles. The molecule has 0 unspecified atom stereocenters. The lowest BCUT2D eigenvalue weighted by Crippen LogP contribution is -2.51. The number of nitrogens with one attached hydrogen (secondary N) is 2. The van der Waals surface area contributed by atoms with E-state index in [-0.39, 0.29) is 42.8 Å². The lowest BCUT2D eigenvalue weighted by molar-refractivity contribution is -0.114. The topological polar surface area (TPSA) is 125 Å².